The molecule has 6 nitrogen and oxygen atoms in total. The van der Waals surface area contributed by atoms with E-state index in [0.29, 0.717) is 19.0 Å². The first-order chi connectivity index (χ1) is 12.7. The third-order valence-electron chi connectivity index (χ3n) is 4.28. The summed E-state index contributed by atoms with van der Waals surface area (Å²) in [6.07, 6.45) is 0.254. The van der Waals surface area contributed by atoms with Gasteiger partial charge in [0.1, 0.15) is 0 Å². The summed E-state index contributed by atoms with van der Waals surface area (Å²) in [4.78, 5) is 30.4. The molecule has 1 N–H and O–H groups in total. The van der Waals surface area contributed by atoms with E-state index in [1.807, 2.05) is 59.2 Å². The number of imidazole rings is 1. The molecule has 1 aromatic heterocycles. The van der Waals surface area contributed by atoms with Crippen LogP contribution in [0.15, 0.2) is 54.6 Å². The molecule has 2 aromatic carbocycles. The fourth-order valence-electron chi connectivity index (χ4n) is 3.00. The normalized spacial score (nSPS) is 14.2. The monoisotopic (exact) mass is 366 g/mol. The molecule has 7 heteroatoms. The van der Waals surface area contributed by atoms with Gasteiger partial charge in [0, 0.05) is 31.0 Å². The van der Waals surface area contributed by atoms with Gasteiger partial charge < -0.3 is 4.90 Å². The average Bonchev–Trinajstić information content (AvgIpc) is 3.23. The number of fused-ring (bicyclic) bond motifs is 1. The second kappa shape index (κ2) is 7.21. The Morgan fingerprint density at radius 1 is 1.12 bits per heavy atom. The maximum atomic E-state index is 12.4. The lowest BCUT2D eigenvalue weighted by molar-refractivity contribution is -0.116. The Balaban J connectivity index is 1.58. The molecular formula is C19H18N4O2S. The highest BCUT2D eigenvalue weighted by Gasteiger charge is 2.22. The number of aromatic nitrogens is 2. The number of thioether (sulfide) groups is 1. The van der Waals surface area contributed by atoms with Crippen LogP contribution in [0.5, 0.6) is 0 Å². The van der Waals surface area contributed by atoms with Crippen molar-refractivity contribution in [3.8, 4) is 5.69 Å². The maximum Gasteiger partial charge on any atom is 0.281 e. The first-order valence-corrected chi connectivity index (χ1v) is 9.45. The zero-order chi connectivity index (χ0) is 17.9. The van der Waals surface area contributed by atoms with E-state index < -0.39 is 0 Å². The molecule has 0 unspecified atom stereocenters. The smallest absolute Gasteiger partial charge is 0.281 e. The van der Waals surface area contributed by atoms with Crippen molar-refractivity contribution in [3.63, 3.8) is 0 Å². The van der Waals surface area contributed by atoms with Crippen molar-refractivity contribution in [3.05, 3.63) is 54.6 Å². The number of rotatable bonds is 5. The summed E-state index contributed by atoms with van der Waals surface area (Å²) in [7, 11) is 0. The number of anilines is 1. The molecular weight excluding hydrogens is 348 g/mol. The van der Waals surface area contributed by atoms with Gasteiger partial charge in [-0.3, -0.25) is 19.5 Å². The number of para-hydroxylation sites is 3. The highest BCUT2D eigenvalue weighted by molar-refractivity contribution is 8.13. The van der Waals surface area contributed by atoms with Gasteiger partial charge >= 0.3 is 0 Å². The molecule has 26 heavy (non-hydrogen) atoms. The van der Waals surface area contributed by atoms with Crippen LogP contribution in [0.2, 0.25) is 0 Å². The third kappa shape index (κ3) is 3.30. The van der Waals surface area contributed by atoms with E-state index in [4.69, 9.17) is 0 Å². The first kappa shape index (κ1) is 16.7. The van der Waals surface area contributed by atoms with E-state index in [1.165, 1.54) is 11.8 Å². The van der Waals surface area contributed by atoms with Crippen LogP contribution in [-0.2, 0) is 4.79 Å². The Hall–Kier alpha value is -2.80. The Labute approximate surface area is 155 Å². The van der Waals surface area contributed by atoms with Crippen LogP contribution >= 0.6 is 11.8 Å². The van der Waals surface area contributed by atoms with Gasteiger partial charge in [-0.15, -0.1) is 0 Å². The zero-order valence-corrected chi connectivity index (χ0v) is 14.9. The van der Waals surface area contributed by atoms with Crippen molar-refractivity contribution in [2.24, 2.45) is 0 Å². The molecule has 1 aliphatic heterocycles. The summed E-state index contributed by atoms with van der Waals surface area (Å²) < 4.78 is 1.93. The summed E-state index contributed by atoms with van der Waals surface area (Å²) >= 11 is 1.30. The molecule has 0 aliphatic carbocycles. The Kier molecular flexibility index (Phi) is 4.62. The van der Waals surface area contributed by atoms with Gasteiger partial charge in [0.05, 0.1) is 11.0 Å². The Morgan fingerprint density at radius 3 is 2.65 bits per heavy atom. The molecule has 0 atom stereocenters. The van der Waals surface area contributed by atoms with Crippen molar-refractivity contribution in [2.45, 2.75) is 6.42 Å². The predicted molar refractivity (Wildman–Crippen MR) is 104 cm³/mol. The molecule has 4 rings (SSSR count). The minimum absolute atomic E-state index is 0.0503. The third-order valence-corrected chi connectivity index (χ3v) is 5.17. The van der Waals surface area contributed by atoms with Gasteiger partial charge in [0.25, 0.3) is 5.24 Å². The molecule has 2 amide bonds. The molecule has 0 saturated carbocycles. The second-order valence-electron chi connectivity index (χ2n) is 5.99. The van der Waals surface area contributed by atoms with Crippen LogP contribution < -0.4 is 5.32 Å². The highest BCUT2D eigenvalue weighted by atomic mass is 32.2. The van der Waals surface area contributed by atoms with Gasteiger partial charge in [-0.2, -0.15) is 0 Å². The number of nitrogens with zero attached hydrogens (tertiary/aromatic N) is 3. The van der Waals surface area contributed by atoms with E-state index in [1.54, 1.807) is 4.90 Å². The molecule has 0 spiro atoms. The fourth-order valence-corrected chi connectivity index (χ4v) is 3.85. The van der Waals surface area contributed by atoms with E-state index in [2.05, 4.69) is 10.3 Å². The molecule has 2 heterocycles. The lowest BCUT2D eigenvalue weighted by atomic mass is 10.3. The summed E-state index contributed by atoms with van der Waals surface area (Å²) in [5.74, 6) is 1.14. The summed E-state index contributed by atoms with van der Waals surface area (Å²) in [5, 5.41) is 2.96. The van der Waals surface area contributed by atoms with Crippen LogP contribution in [0.4, 0.5) is 10.7 Å². The molecule has 3 aromatic rings. The van der Waals surface area contributed by atoms with Crippen LogP contribution in [0, 0.1) is 0 Å². The number of benzene rings is 2. The van der Waals surface area contributed by atoms with Gasteiger partial charge in [-0.05, 0) is 24.3 Å². The second-order valence-corrected chi connectivity index (χ2v) is 7.04. The Morgan fingerprint density at radius 2 is 1.88 bits per heavy atom. The lowest BCUT2D eigenvalue weighted by Crippen LogP contribution is -2.28. The SMILES string of the molecule is O=C(CCN1CCSC1=O)Nc1nc2ccccc2n1-c1ccccc1. The zero-order valence-electron chi connectivity index (χ0n) is 14.1. The van der Waals surface area contributed by atoms with Crippen molar-refractivity contribution in [1.29, 1.82) is 0 Å². The minimum atomic E-state index is -0.151. The summed E-state index contributed by atoms with van der Waals surface area (Å²) in [6, 6.07) is 17.6. The number of carbonyl (C=O) groups is 2. The van der Waals surface area contributed by atoms with Gasteiger partial charge in [0.15, 0.2) is 0 Å². The van der Waals surface area contributed by atoms with E-state index in [9.17, 15) is 9.59 Å². The van der Waals surface area contributed by atoms with Crippen LogP contribution in [0.25, 0.3) is 16.7 Å². The number of hydrogen-bond acceptors (Lipinski definition) is 4. The fraction of sp³-hybridized carbons (Fsp3) is 0.211. The predicted octanol–water partition coefficient (Wildman–Crippen LogP) is 3.52. The summed E-state index contributed by atoms with van der Waals surface area (Å²) in [5.41, 5.74) is 2.68. The first-order valence-electron chi connectivity index (χ1n) is 8.47. The van der Waals surface area contributed by atoms with Gasteiger partial charge in [-0.25, -0.2) is 4.98 Å². The molecule has 1 saturated heterocycles. The van der Waals surface area contributed by atoms with Crippen LogP contribution in [0.1, 0.15) is 6.42 Å². The number of hydrogen-bond donors (Lipinski definition) is 1. The van der Waals surface area contributed by atoms with Gasteiger partial charge in [0.2, 0.25) is 11.9 Å². The van der Waals surface area contributed by atoms with Crippen molar-refractivity contribution < 1.29 is 9.59 Å². The van der Waals surface area contributed by atoms with Crippen molar-refractivity contribution in [1.82, 2.24) is 14.5 Å². The topological polar surface area (TPSA) is 67.2 Å². The molecule has 0 bridgehead atoms. The molecule has 132 valence electrons. The van der Waals surface area contributed by atoms with E-state index in [0.717, 1.165) is 22.5 Å². The number of amides is 2. The Bertz CT molecular complexity index is 955. The number of nitrogens with one attached hydrogen (secondary N) is 1. The van der Waals surface area contributed by atoms with E-state index >= 15 is 0 Å². The largest absolute Gasteiger partial charge is 0.332 e. The van der Waals surface area contributed by atoms with Crippen molar-refractivity contribution in [2.75, 3.05) is 24.2 Å². The minimum Gasteiger partial charge on any atom is -0.332 e. The van der Waals surface area contributed by atoms with Crippen molar-refractivity contribution >= 4 is 39.9 Å². The average molecular weight is 366 g/mol. The standard InChI is InChI=1S/C19H18N4O2S/c24-17(10-11-22-12-13-26-19(22)25)21-18-20-15-8-4-5-9-16(15)23(18)14-6-2-1-3-7-14/h1-9H,10-13H2,(H,20,21,24). The quantitative estimate of drug-likeness (QED) is 0.750. The van der Waals surface area contributed by atoms with Gasteiger partial charge in [-0.1, -0.05) is 42.1 Å². The lowest BCUT2D eigenvalue weighted by Gasteiger charge is -2.14. The molecule has 1 fully saturated rings. The molecule has 0 radical (unpaired) electrons. The highest BCUT2D eigenvalue weighted by Crippen LogP contribution is 2.24. The number of carbonyl (C=O) groups excluding carboxylic acids is 2. The van der Waals surface area contributed by atoms with Crippen LogP contribution in [0.3, 0.4) is 0 Å². The molecule has 1 aliphatic rings. The van der Waals surface area contributed by atoms with Crippen LogP contribution in [-0.4, -0.2) is 44.4 Å². The summed E-state index contributed by atoms with van der Waals surface area (Å²) in [6.45, 7) is 1.14. The van der Waals surface area contributed by atoms with E-state index in [-0.39, 0.29) is 17.6 Å². The maximum absolute atomic E-state index is 12.4.